The van der Waals surface area contributed by atoms with Gasteiger partial charge in [-0.2, -0.15) is 9.49 Å². The van der Waals surface area contributed by atoms with Crippen molar-refractivity contribution in [1.82, 2.24) is 24.5 Å². The highest BCUT2D eigenvalue weighted by Crippen LogP contribution is 2.38. The summed E-state index contributed by atoms with van der Waals surface area (Å²) in [7, 11) is 1.75. The molecule has 41 heavy (non-hydrogen) atoms. The number of aryl methyl sites for hydroxylation is 2. The van der Waals surface area contributed by atoms with Crippen LogP contribution in [0.3, 0.4) is 0 Å². The summed E-state index contributed by atoms with van der Waals surface area (Å²) < 4.78 is 40.1. The molecule has 2 N–H and O–H groups in total. The number of fused-ring (bicyclic) bond motifs is 2. The third-order valence-electron chi connectivity index (χ3n) is 7.77. The number of nitrogens with one attached hydrogen (secondary N) is 2. The fraction of sp³-hybridized carbons (Fsp3) is 0.500. The number of benzene rings is 1. The van der Waals surface area contributed by atoms with E-state index in [1.54, 1.807) is 31.0 Å². The number of hydrogen-bond donors (Lipinski definition) is 2. The molecule has 2 aliphatic carbocycles. The summed E-state index contributed by atoms with van der Waals surface area (Å²) in [6, 6.07) is 2.57. The maximum atomic E-state index is 15.7. The molecule has 4 aromatic rings. The Morgan fingerprint density at radius 2 is 1.73 bits per heavy atom. The topological polar surface area (TPSA) is 88.7 Å². The van der Waals surface area contributed by atoms with E-state index < -0.39 is 17.5 Å². The summed E-state index contributed by atoms with van der Waals surface area (Å²) in [4.78, 5) is 20.0. The summed E-state index contributed by atoms with van der Waals surface area (Å²) in [5.41, 5.74) is 1.68. The monoisotopic (exact) mass is 565 g/mol. The van der Waals surface area contributed by atoms with Gasteiger partial charge in [0.2, 0.25) is 5.82 Å². The average molecular weight is 566 g/mol. The minimum Gasteiger partial charge on any atom is -0.485 e. The Morgan fingerprint density at radius 1 is 1.02 bits per heavy atom. The van der Waals surface area contributed by atoms with Crippen LogP contribution in [-0.2, 0) is 7.05 Å². The van der Waals surface area contributed by atoms with Gasteiger partial charge in [0.05, 0.1) is 17.5 Å². The van der Waals surface area contributed by atoms with E-state index in [9.17, 15) is 4.79 Å². The zero-order valence-electron chi connectivity index (χ0n) is 24.0. The van der Waals surface area contributed by atoms with Gasteiger partial charge in [0, 0.05) is 56.2 Å². The van der Waals surface area contributed by atoms with Crippen molar-refractivity contribution in [3.8, 4) is 5.75 Å². The molecule has 0 bridgehead atoms. The first-order chi connectivity index (χ1) is 19.8. The second-order valence-corrected chi connectivity index (χ2v) is 11.1. The lowest BCUT2D eigenvalue weighted by Gasteiger charge is -2.34. The fourth-order valence-corrected chi connectivity index (χ4v) is 5.53. The molecule has 218 valence electrons. The first-order valence-corrected chi connectivity index (χ1v) is 14.7. The van der Waals surface area contributed by atoms with Crippen LogP contribution in [0.1, 0.15) is 68.4 Å². The first-order valence-electron chi connectivity index (χ1n) is 14.7. The lowest BCUT2D eigenvalue weighted by molar-refractivity contribution is 0.102. The van der Waals surface area contributed by atoms with Gasteiger partial charge in [0.1, 0.15) is 22.6 Å². The van der Waals surface area contributed by atoms with Crippen molar-refractivity contribution in [2.24, 2.45) is 7.05 Å². The number of aromatic nitrogens is 4. The Hall–Kier alpha value is -3.73. The van der Waals surface area contributed by atoms with E-state index in [1.165, 1.54) is 23.3 Å². The zero-order valence-corrected chi connectivity index (χ0v) is 24.0. The SMILES string of the molecule is CC.Cc1cn2cc(NC(=O)c3c(F)cc(N4CCC(NC5CC5)CC4)c4cn(C)nc34)c(OC3CC3)c(F)c2n1. The van der Waals surface area contributed by atoms with E-state index in [1.807, 2.05) is 20.0 Å². The van der Waals surface area contributed by atoms with Crippen molar-refractivity contribution in [3.05, 3.63) is 47.5 Å². The van der Waals surface area contributed by atoms with Gasteiger partial charge in [-0.15, -0.1) is 0 Å². The Balaban J connectivity index is 0.00000148. The summed E-state index contributed by atoms with van der Waals surface area (Å²) in [6.45, 7) is 7.35. The number of hydrogen-bond acceptors (Lipinski definition) is 6. The average Bonchev–Trinajstić information content (AvgIpc) is 3.88. The van der Waals surface area contributed by atoms with Crippen molar-refractivity contribution >= 4 is 33.8 Å². The Labute approximate surface area is 237 Å². The number of imidazole rings is 1. The zero-order chi connectivity index (χ0) is 28.8. The smallest absolute Gasteiger partial charge is 0.261 e. The molecule has 2 saturated carbocycles. The molecule has 1 saturated heterocycles. The number of carbonyl (C=O) groups is 1. The molecule has 0 spiro atoms. The van der Waals surface area contributed by atoms with Crippen molar-refractivity contribution in [2.45, 2.75) is 77.5 Å². The van der Waals surface area contributed by atoms with Crippen LogP contribution in [0.5, 0.6) is 5.75 Å². The van der Waals surface area contributed by atoms with Gasteiger partial charge in [0.15, 0.2) is 11.4 Å². The lowest BCUT2D eigenvalue weighted by atomic mass is 10.0. The highest BCUT2D eigenvalue weighted by Gasteiger charge is 2.31. The van der Waals surface area contributed by atoms with E-state index in [-0.39, 0.29) is 34.3 Å². The van der Waals surface area contributed by atoms with E-state index in [2.05, 4.69) is 25.6 Å². The number of pyridine rings is 1. The minimum absolute atomic E-state index is 0.0825. The van der Waals surface area contributed by atoms with Crippen LogP contribution < -0.4 is 20.3 Å². The Kier molecular flexibility index (Phi) is 7.31. The molecule has 11 heteroatoms. The molecule has 3 aliphatic rings. The molecule has 4 heterocycles. The van der Waals surface area contributed by atoms with Crippen LogP contribution in [0.4, 0.5) is 20.2 Å². The molecule has 0 atom stereocenters. The lowest BCUT2D eigenvalue weighted by Crippen LogP contribution is -2.43. The third kappa shape index (κ3) is 5.47. The molecule has 1 aromatic carbocycles. The van der Waals surface area contributed by atoms with Crippen molar-refractivity contribution < 1.29 is 18.3 Å². The number of rotatable bonds is 7. The molecular weight excluding hydrogens is 528 g/mol. The maximum Gasteiger partial charge on any atom is 0.261 e. The van der Waals surface area contributed by atoms with E-state index in [0.29, 0.717) is 23.2 Å². The number of amides is 1. The number of ether oxygens (including phenoxy) is 1. The van der Waals surface area contributed by atoms with Crippen LogP contribution in [-0.4, -0.2) is 56.3 Å². The quantitative estimate of drug-likeness (QED) is 0.314. The van der Waals surface area contributed by atoms with Gasteiger partial charge >= 0.3 is 0 Å². The molecule has 3 aromatic heterocycles. The van der Waals surface area contributed by atoms with Crippen molar-refractivity contribution in [2.75, 3.05) is 23.3 Å². The van der Waals surface area contributed by atoms with Gasteiger partial charge in [-0.1, -0.05) is 13.8 Å². The van der Waals surface area contributed by atoms with Crippen LogP contribution >= 0.6 is 0 Å². The summed E-state index contributed by atoms with van der Waals surface area (Å²) in [5, 5.41) is 11.6. The number of piperidine rings is 1. The predicted octanol–water partition coefficient (Wildman–Crippen LogP) is 5.35. The first kappa shape index (κ1) is 27.4. The number of halogens is 2. The van der Waals surface area contributed by atoms with Gasteiger partial charge in [0.25, 0.3) is 5.91 Å². The Bertz CT molecular complexity index is 1600. The number of anilines is 2. The largest absolute Gasteiger partial charge is 0.485 e. The predicted molar refractivity (Wildman–Crippen MR) is 155 cm³/mol. The minimum atomic E-state index is -0.716. The highest BCUT2D eigenvalue weighted by molar-refractivity contribution is 6.14. The molecular formula is C30H37F2N7O2. The van der Waals surface area contributed by atoms with E-state index >= 15 is 8.78 Å². The normalized spacial score (nSPS) is 17.6. The number of carbonyl (C=O) groups excluding carboxylic acids is 1. The van der Waals surface area contributed by atoms with Crippen LogP contribution in [0.2, 0.25) is 0 Å². The van der Waals surface area contributed by atoms with Crippen molar-refractivity contribution in [1.29, 1.82) is 0 Å². The maximum absolute atomic E-state index is 15.7. The standard InChI is InChI=1S/C28H31F2N7O2.C2H6/c1-15-12-37-14-21(26(39-18-5-6-18)24(30)27(37)31-15)33-28(38)23-20(29)11-22(19-13-35(2)34-25(19)23)36-9-7-17(8-10-36)32-16-3-4-16;1-2/h11-14,16-18,32H,3-10H2,1-2H3,(H,33,38);1-2H3. The van der Waals surface area contributed by atoms with Gasteiger partial charge in [-0.25, -0.2) is 9.37 Å². The summed E-state index contributed by atoms with van der Waals surface area (Å²) in [5.74, 6) is -2.13. The number of nitrogens with zero attached hydrogens (tertiary/aromatic N) is 5. The summed E-state index contributed by atoms with van der Waals surface area (Å²) >= 11 is 0. The van der Waals surface area contributed by atoms with Gasteiger partial charge < -0.3 is 24.7 Å². The second-order valence-electron chi connectivity index (χ2n) is 11.1. The van der Waals surface area contributed by atoms with Crippen LogP contribution in [0.15, 0.2) is 24.7 Å². The molecule has 1 amide bonds. The molecule has 1 aliphatic heterocycles. The van der Waals surface area contributed by atoms with Gasteiger partial charge in [-0.3, -0.25) is 9.48 Å². The van der Waals surface area contributed by atoms with E-state index in [0.717, 1.165) is 44.5 Å². The van der Waals surface area contributed by atoms with Crippen LogP contribution in [0, 0.1) is 18.6 Å². The highest BCUT2D eigenvalue weighted by atomic mass is 19.1. The fourth-order valence-electron chi connectivity index (χ4n) is 5.53. The Morgan fingerprint density at radius 3 is 2.41 bits per heavy atom. The molecule has 0 radical (unpaired) electrons. The summed E-state index contributed by atoms with van der Waals surface area (Å²) in [6.07, 6.45) is 11.0. The van der Waals surface area contributed by atoms with Crippen LogP contribution in [0.25, 0.3) is 16.6 Å². The third-order valence-corrected chi connectivity index (χ3v) is 7.77. The van der Waals surface area contributed by atoms with E-state index in [4.69, 9.17) is 4.74 Å². The van der Waals surface area contributed by atoms with Gasteiger partial charge in [-0.05, 0) is 51.5 Å². The molecule has 7 rings (SSSR count). The second kappa shape index (κ2) is 10.9. The molecule has 9 nitrogen and oxygen atoms in total. The molecule has 3 fully saturated rings. The van der Waals surface area contributed by atoms with Crippen molar-refractivity contribution in [3.63, 3.8) is 0 Å². The molecule has 0 unspecified atom stereocenters.